The van der Waals surface area contributed by atoms with Crippen LogP contribution in [-0.2, 0) is 17.8 Å². The molecule has 0 aliphatic carbocycles. The lowest BCUT2D eigenvalue weighted by Gasteiger charge is -2.08. The van der Waals surface area contributed by atoms with Gasteiger partial charge in [-0.3, -0.25) is 4.68 Å². The van der Waals surface area contributed by atoms with Crippen LogP contribution in [0.4, 0.5) is 10.5 Å². The summed E-state index contributed by atoms with van der Waals surface area (Å²) in [5.74, 6) is 0.693. The van der Waals surface area contributed by atoms with Crippen molar-refractivity contribution in [2.24, 2.45) is 0 Å². The summed E-state index contributed by atoms with van der Waals surface area (Å²) in [5.41, 5.74) is 2.62. The average molecular weight is 366 g/mol. The topological polar surface area (TPSA) is 96.9 Å². The first-order valence-corrected chi connectivity index (χ1v) is 9.04. The zero-order chi connectivity index (χ0) is 18.5. The molecule has 2 amide bonds. The molecule has 3 aromatic rings. The van der Waals surface area contributed by atoms with Crippen LogP contribution in [0.2, 0.25) is 0 Å². The third kappa shape index (κ3) is 4.53. The van der Waals surface area contributed by atoms with Gasteiger partial charge >= 0.3 is 6.03 Å². The van der Waals surface area contributed by atoms with E-state index in [1.165, 1.54) is 0 Å². The molecule has 0 bridgehead atoms. The normalized spacial score (nSPS) is 16.4. The molecule has 0 spiro atoms. The third-order valence-electron chi connectivity index (χ3n) is 4.44. The number of aromatic amines is 1. The Kier molecular flexibility index (Phi) is 5.15. The van der Waals surface area contributed by atoms with E-state index < -0.39 is 0 Å². The number of urea groups is 1. The van der Waals surface area contributed by atoms with E-state index >= 15 is 0 Å². The molecular weight excluding hydrogens is 344 g/mol. The first-order valence-electron chi connectivity index (χ1n) is 9.04. The quantitative estimate of drug-likeness (QED) is 0.625. The zero-order valence-electron chi connectivity index (χ0n) is 14.9. The van der Waals surface area contributed by atoms with Crippen LogP contribution < -0.4 is 10.6 Å². The fourth-order valence-corrected chi connectivity index (χ4v) is 3.08. The van der Waals surface area contributed by atoms with Gasteiger partial charge in [-0.25, -0.2) is 9.78 Å². The van der Waals surface area contributed by atoms with E-state index in [0.29, 0.717) is 24.6 Å². The van der Waals surface area contributed by atoms with Crippen molar-refractivity contribution in [3.63, 3.8) is 0 Å². The number of carbonyl (C=O) groups excluding carboxylic acids is 1. The van der Waals surface area contributed by atoms with Gasteiger partial charge in [0.25, 0.3) is 0 Å². The van der Waals surface area contributed by atoms with Crippen LogP contribution in [-0.4, -0.2) is 38.5 Å². The number of nitrogens with zero attached hydrogens (tertiary/aromatic N) is 3. The van der Waals surface area contributed by atoms with Gasteiger partial charge in [-0.15, -0.1) is 0 Å². The minimum atomic E-state index is -0.302. The molecule has 1 saturated heterocycles. The van der Waals surface area contributed by atoms with Crippen LogP contribution in [0.25, 0.3) is 11.3 Å². The smallest absolute Gasteiger partial charge is 0.319 e. The van der Waals surface area contributed by atoms with E-state index in [4.69, 9.17) is 4.74 Å². The third-order valence-corrected chi connectivity index (χ3v) is 4.44. The number of H-pyrrole nitrogens is 1. The number of aromatic nitrogens is 4. The molecule has 0 saturated carbocycles. The van der Waals surface area contributed by atoms with Crippen molar-refractivity contribution in [1.29, 1.82) is 0 Å². The minimum absolute atomic E-state index is 0.212. The van der Waals surface area contributed by atoms with Crippen molar-refractivity contribution in [3.05, 3.63) is 54.7 Å². The van der Waals surface area contributed by atoms with E-state index in [2.05, 4.69) is 25.7 Å². The summed E-state index contributed by atoms with van der Waals surface area (Å²) in [4.78, 5) is 19.6. The maximum atomic E-state index is 12.1. The molecule has 1 aromatic carbocycles. The fraction of sp³-hybridized carbons (Fsp3) is 0.316. The van der Waals surface area contributed by atoms with Crippen LogP contribution in [0.1, 0.15) is 18.7 Å². The highest BCUT2D eigenvalue weighted by Crippen LogP contribution is 2.16. The molecule has 1 aliphatic heterocycles. The molecule has 4 rings (SSSR count). The van der Waals surface area contributed by atoms with Crippen molar-refractivity contribution >= 4 is 11.7 Å². The lowest BCUT2D eigenvalue weighted by molar-refractivity contribution is 0.0940. The van der Waals surface area contributed by atoms with Gasteiger partial charge in [-0.05, 0) is 18.4 Å². The predicted molar refractivity (Wildman–Crippen MR) is 101 cm³/mol. The van der Waals surface area contributed by atoms with Crippen molar-refractivity contribution < 1.29 is 9.53 Å². The molecule has 3 heterocycles. The van der Waals surface area contributed by atoms with Gasteiger partial charge in [0.1, 0.15) is 5.82 Å². The predicted octanol–water partition coefficient (Wildman–Crippen LogP) is 2.77. The molecule has 27 heavy (non-hydrogen) atoms. The van der Waals surface area contributed by atoms with Gasteiger partial charge in [0, 0.05) is 12.8 Å². The van der Waals surface area contributed by atoms with Crippen LogP contribution in [0.3, 0.4) is 0 Å². The van der Waals surface area contributed by atoms with Crippen LogP contribution in [0.15, 0.2) is 48.9 Å². The van der Waals surface area contributed by atoms with Gasteiger partial charge in [0.15, 0.2) is 0 Å². The summed E-state index contributed by atoms with van der Waals surface area (Å²) in [6.07, 6.45) is 7.56. The standard InChI is InChI=1S/C19H22N6O2/c26-19(23-15-9-22-25(12-15)13-16-7-4-8-27-16)21-11-18-20-10-17(24-18)14-5-2-1-3-6-14/h1-3,5-6,9-10,12,16H,4,7-8,11,13H2,(H,20,24)(H2,21,23,26). The largest absolute Gasteiger partial charge is 0.376 e. The van der Waals surface area contributed by atoms with E-state index in [1.807, 2.05) is 36.5 Å². The fourth-order valence-electron chi connectivity index (χ4n) is 3.08. The Bertz CT molecular complexity index is 883. The highest BCUT2D eigenvalue weighted by molar-refractivity contribution is 5.88. The van der Waals surface area contributed by atoms with Crippen LogP contribution in [0.5, 0.6) is 0 Å². The zero-order valence-corrected chi connectivity index (χ0v) is 14.9. The number of imidazole rings is 1. The number of benzene rings is 1. The van der Waals surface area contributed by atoms with Crippen molar-refractivity contribution in [3.8, 4) is 11.3 Å². The van der Waals surface area contributed by atoms with E-state index in [0.717, 1.165) is 30.7 Å². The first kappa shape index (κ1) is 17.3. The highest BCUT2D eigenvalue weighted by atomic mass is 16.5. The molecule has 3 N–H and O–H groups in total. The molecule has 1 atom stereocenters. The first-order chi connectivity index (χ1) is 13.3. The maximum Gasteiger partial charge on any atom is 0.319 e. The van der Waals surface area contributed by atoms with E-state index in [9.17, 15) is 4.79 Å². The summed E-state index contributed by atoms with van der Waals surface area (Å²) in [7, 11) is 0. The van der Waals surface area contributed by atoms with Gasteiger partial charge in [-0.2, -0.15) is 5.10 Å². The molecule has 0 radical (unpaired) electrons. The second kappa shape index (κ2) is 8.05. The molecular formula is C19H22N6O2. The molecule has 2 aromatic heterocycles. The summed E-state index contributed by atoms with van der Waals surface area (Å²) in [6, 6.07) is 9.62. The monoisotopic (exact) mass is 366 g/mol. The van der Waals surface area contributed by atoms with Crippen LogP contribution in [0, 0.1) is 0 Å². The minimum Gasteiger partial charge on any atom is -0.376 e. The molecule has 1 fully saturated rings. The Morgan fingerprint density at radius 1 is 1.30 bits per heavy atom. The lowest BCUT2D eigenvalue weighted by Crippen LogP contribution is -2.28. The summed E-state index contributed by atoms with van der Waals surface area (Å²) >= 11 is 0. The summed E-state index contributed by atoms with van der Waals surface area (Å²) in [5, 5.41) is 9.83. The lowest BCUT2D eigenvalue weighted by atomic mass is 10.2. The number of rotatable bonds is 6. The summed E-state index contributed by atoms with van der Waals surface area (Å²) < 4.78 is 7.39. The molecule has 140 valence electrons. The highest BCUT2D eigenvalue weighted by Gasteiger charge is 2.16. The number of hydrogen-bond donors (Lipinski definition) is 3. The van der Waals surface area contributed by atoms with Gasteiger partial charge < -0.3 is 20.4 Å². The van der Waals surface area contributed by atoms with Crippen molar-refractivity contribution in [1.82, 2.24) is 25.1 Å². The molecule has 8 heteroatoms. The Labute approximate surface area is 157 Å². The van der Waals surface area contributed by atoms with E-state index in [-0.39, 0.29) is 12.1 Å². The van der Waals surface area contributed by atoms with Crippen LogP contribution >= 0.6 is 0 Å². The van der Waals surface area contributed by atoms with Gasteiger partial charge in [-0.1, -0.05) is 30.3 Å². The Balaban J connectivity index is 1.26. The maximum absolute atomic E-state index is 12.1. The Morgan fingerprint density at radius 3 is 3.00 bits per heavy atom. The second-order valence-corrected chi connectivity index (χ2v) is 6.50. The van der Waals surface area contributed by atoms with E-state index in [1.54, 1.807) is 17.1 Å². The second-order valence-electron chi connectivity index (χ2n) is 6.50. The number of carbonyl (C=O) groups is 1. The number of hydrogen-bond acceptors (Lipinski definition) is 4. The summed E-state index contributed by atoms with van der Waals surface area (Å²) in [6.45, 7) is 1.83. The van der Waals surface area contributed by atoms with Crippen molar-refractivity contribution in [2.45, 2.75) is 32.0 Å². The SMILES string of the molecule is O=C(NCc1ncc(-c2ccccc2)[nH]1)Nc1cnn(CC2CCCO2)c1. The van der Waals surface area contributed by atoms with Crippen molar-refractivity contribution in [2.75, 3.05) is 11.9 Å². The number of nitrogens with one attached hydrogen (secondary N) is 3. The number of ether oxygens (including phenoxy) is 1. The molecule has 1 aliphatic rings. The molecule has 8 nitrogen and oxygen atoms in total. The Morgan fingerprint density at radius 2 is 2.19 bits per heavy atom. The Hall–Kier alpha value is -3.13. The van der Waals surface area contributed by atoms with Gasteiger partial charge in [0.2, 0.25) is 0 Å². The number of amides is 2. The van der Waals surface area contributed by atoms with Gasteiger partial charge in [0.05, 0.1) is 43.0 Å². The average Bonchev–Trinajstić information content (AvgIpc) is 3.44. The number of anilines is 1. The molecule has 1 unspecified atom stereocenters.